The van der Waals surface area contributed by atoms with E-state index in [2.05, 4.69) is 32.1 Å². The van der Waals surface area contributed by atoms with E-state index in [0.29, 0.717) is 22.1 Å². The Balaban J connectivity index is 1.30. The smallest absolute Gasteiger partial charge is 0.259 e. The number of aromatic amines is 1. The Morgan fingerprint density at radius 1 is 1.34 bits per heavy atom. The van der Waals surface area contributed by atoms with E-state index in [4.69, 9.17) is 0 Å². The molecule has 0 radical (unpaired) electrons. The first kappa shape index (κ1) is 23.4. The number of piperidine rings is 1. The van der Waals surface area contributed by atoms with Crippen LogP contribution in [0.3, 0.4) is 0 Å². The summed E-state index contributed by atoms with van der Waals surface area (Å²) >= 11 is 4.45. The highest BCUT2D eigenvalue weighted by Gasteiger charge is 2.19. The van der Waals surface area contributed by atoms with Gasteiger partial charge in [0.2, 0.25) is 5.91 Å². The van der Waals surface area contributed by atoms with Crippen LogP contribution < -0.4 is 10.9 Å². The van der Waals surface area contributed by atoms with Gasteiger partial charge < -0.3 is 10.3 Å². The normalized spacial score (nSPS) is 16.5. The maximum Gasteiger partial charge on any atom is 0.259 e. The number of thioether (sulfide) groups is 1. The lowest BCUT2D eigenvalue weighted by Crippen LogP contribution is -2.32. The zero-order chi connectivity index (χ0) is 22.8. The van der Waals surface area contributed by atoms with Crippen LogP contribution in [-0.2, 0) is 17.1 Å². The lowest BCUT2D eigenvalue weighted by Gasteiger charge is -2.29. The Morgan fingerprint density at radius 2 is 2.09 bits per heavy atom. The van der Waals surface area contributed by atoms with Crippen LogP contribution in [0.5, 0.6) is 0 Å². The maximum atomic E-state index is 12.6. The number of likely N-dealkylation sites (tertiary alicyclic amines) is 1. The number of rotatable bonds is 7. The molecule has 0 bridgehead atoms. The highest BCUT2D eigenvalue weighted by atomic mass is 32.2. The highest BCUT2D eigenvalue weighted by Crippen LogP contribution is 2.27. The summed E-state index contributed by atoms with van der Waals surface area (Å²) < 4.78 is 0. The second-order valence-corrected chi connectivity index (χ2v) is 11.9. The summed E-state index contributed by atoms with van der Waals surface area (Å²) in [6.45, 7) is 11.2. The predicted molar refractivity (Wildman–Crippen MR) is 135 cm³/mol. The lowest BCUT2D eigenvalue weighted by atomic mass is 9.99. The number of hydrogen-bond acceptors (Lipinski definition) is 8. The second-order valence-electron chi connectivity index (χ2n) is 8.52. The maximum absolute atomic E-state index is 12.6. The molecule has 172 valence electrons. The molecule has 3 aromatic rings. The monoisotopic (exact) mass is 491 g/mol. The Morgan fingerprint density at radius 3 is 2.84 bits per heavy atom. The van der Waals surface area contributed by atoms with Crippen LogP contribution >= 0.6 is 34.4 Å². The van der Waals surface area contributed by atoms with E-state index in [-0.39, 0.29) is 16.7 Å². The fourth-order valence-corrected chi connectivity index (χ4v) is 6.25. The quantitative estimate of drug-likeness (QED) is 0.504. The number of carbonyl (C=O) groups excluding carboxylic acids is 1. The van der Waals surface area contributed by atoms with Crippen LogP contribution in [0.15, 0.2) is 10.2 Å². The summed E-state index contributed by atoms with van der Waals surface area (Å²) in [5.41, 5.74) is 1.89. The van der Waals surface area contributed by atoms with E-state index < -0.39 is 0 Å². The van der Waals surface area contributed by atoms with Gasteiger partial charge in [-0.3, -0.25) is 14.5 Å². The summed E-state index contributed by atoms with van der Waals surface area (Å²) in [6.07, 6.45) is 2.47. The van der Waals surface area contributed by atoms with Gasteiger partial charge in [0.25, 0.3) is 5.56 Å². The molecule has 4 heterocycles. The van der Waals surface area contributed by atoms with Gasteiger partial charge in [-0.2, -0.15) is 0 Å². The number of nitrogens with zero attached hydrogens (tertiary/aromatic N) is 3. The average Bonchev–Trinajstić information content (AvgIpc) is 3.31. The summed E-state index contributed by atoms with van der Waals surface area (Å²) in [5.74, 6) is 1.78. The molecule has 0 spiro atoms. The number of aryl methyl sites for hydroxylation is 2. The number of nitrogens with one attached hydrogen (secondary N) is 2. The van der Waals surface area contributed by atoms with Crippen molar-refractivity contribution in [3.8, 4) is 0 Å². The van der Waals surface area contributed by atoms with Gasteiger partial charge in [-0.25, -0.2) is 9.97 Å². The fourth-order valence-electron chi connectivity index (χ4n) is 3.74. The lowest BCUT2D eigenvalue weighted by molar-refractivity contribution is -0.115. The molecule has 1 aliphatic heterocycles. The van der Waals surface area contributed by atoms with Crippen LogP contribution in [0, 0.1) is 19.8 Å². The number of thiophene rings is 1. The number of carbonyl (C=O) groups is 1. The molecule has 7 nitrogen and oxygen atoms in total. The molecule has 0 aromatic carbocycles. The van der Waals surface area contributed by atoms with Gasteiger partial charge in [-0.15, -0.1) is 34.4 Å². The molecule has 2 N–H and O–H groups in total. The molecule has 1 atom stereocenters. The third-order valence-corrected chi connectivity index (χ3v) is 9.03. The Bertz CT molecular complexity index is 1160. The van der Waals surface area contributed by atoms with Crippen molar-refractivity contribution in [3.05, 3.63) is 37.7 Å². The number of hydrogen-bond donors (Lipinski definition) is 2. The largest absolute Gasteiger partial charge is 0.309 e. The van der Waals surface area contributed by atoms with Gasteiger partial charge in [-0.1, -0.05) is 6.92 Å². The SMILES string of the molecule is Cc1sc2nc(CSC(C)C(=O)Nc3nc(CN4CCC(C)CC4)cs3)[nH]c(=O)c2c1C. The number of thiazole rings is 1. The van der Waals surface area contributed by atoms with Gasteiger partial charge in [0, 0.05) is 16.8 Å². The number of anilines is 1. The van der Waals surface area contributed by atoms with E-state index in [1.54, 1.807) is 0 Å². The van der Waals surface area contributed by atoms with Gasteiger partial charge in [0.05, 0.1) is 22.1 Å². The first-order chi connectivity index (χ1) is 15.3. The zero-order valence-electron chi connectivity index (χ0n) is 18.9. The average molecular weight is 492 g/mol. The van der Waals surface area contributed by atoms with Crippen molar-refractivity contribution >= 4 is 55.7 Å². The molecule has 0 saturated carbocycles. The molecule has 1 fully saturated rings. The first-order valence-electron chi connectivity index (χ1n) is 10.9. The minimum atomic E-state index is -0.293. The number of aromatic nitrogens is 3. The van der Waals surface area contributed by atoms with Gasteiger partial charge in [-0.05, 0) is 58.2 Å². The van der Waals surface area contributed by atoms with Crippen molar-refractivity contribution in [1.29, 1.82) is 0 Å². The van der Waals surface area contributed by atoms with Crippen LogP contribution in [0.1, 0.15) is 48.6 Å². The predicted octanol–water partition coefficient (Wildman–Crippen LogP) is 4.55. The summed E-state index contributed by atoms with van der Waals surface area (Å²) in [7, 11) is 0. The molecule has 1 amide bonds. The van der Waals surface area contributed by atoms with Crippen LogP contribution in [-0.4, -0.2) is 44.1 Å². The molecular formula is C22H29N5O2S3. The Labute approximate surface area is 200 Å². The third kappa shape index (κ3) is 5.41. The van der Waals surface area contributed by atoms with Crippen molar-refractivity contribution < 1.29 is 4.79 Å². The standard InChI is InChI=1S/C22H29N5O2S3/c1-12-5-7-27(8-6-12)9-16-10-31-22(23-16)26-19(28)15(4)30-11-17-24-20(29)18-13(2)14(3)32-21(18)25-17/h10,12,15H,5-9,11H2,1-4H3,(H,23,26,28)(H,24,25,29). The highest BCUT2D eigenvalue weighted by molar-refractivity contribution is 7.99. The van der Waals surface area contributed by atoms with Gasteiger partial charge in [0.1, 0.15) is 10.7 Å². The Hall–Kier alpha value is -1.75. The van der Waals surface area contributed by atoms with Gasteiger partial charge in [0.15, 0.2) is 5.13 Å². The molecule has 3 aromatic heterocycles. The number of amides is 1. The fraction of sp³-hybridized carbons (Fsp3) is 0.545. The summed E-state index contributed by atoms with van der Waals surface area (Å²) in [6, 6.07) is 0. The van der Waals surface area contributed by atoms with Crippen molar-refractivity contribution in [2.45, 2.75) is 58.1 Å². The number of fused-ring (bicyclic) bond motifs is 1. The van der Waals surface area contributed by atoms with Crippen molar-refractivity contribution in [2.24, 2.45) is 5.92 Å². The van der Waals surface area contributed by atoms with Crippen molar-refractivity contribution in [3.63, 3.8) is 0 Å². The van der Waals surface area contributed by atoms with E-state index in [0.717, 1.165) is 46.5 Å². The summed E-state index contributed by atoms with van der Waals surface area (Å²) in [4.78, 5) is 41.4. The number of H-pyrrole nitrogens is 1. The van der Waals surface area contributed by atoms with E-state index in [1.165, 1.54) is 47.3 Å². The molecule has 1 saturated heterocycles. The molecule has 4 rings (SSSR count). The zero-order valence-corrected chi connectivity index (χ0v) is 21.3. The molecular weight excluding hydrogens is 462 g/mol. The van der Waals surface area contributed by atoms with Crippen molar-refractivity contribution in [2.75, 3.05) is 18.4 Å². The van der Waals surface area contributed by atoms with Crippen molar-refractivity contribution in [1.82, 2.24) is 19.9 Å². The minimum absolute atomic E-state index is 0.0889. The Kier molecular flexibility index (Phi) is 7.34. The molecule has 1 aliphatic rings. The molecule has 32 heavy (non-hydrogen) atoms. The topological polar surface area (TPSA) is 91.0 Å². The molecule has 1 unspecified atom stereocenters. The summed E-state index contributed by atoms with van der Waals surface area (Å²) in [5, 5.41) is 5.98. The van der Waals surface area contributed by atoms with Crippen LogP contribution in [0.2, 0.25) is 0 Å². The van der Waals surface area contributed by atoms with Crippen LogP contribution in [0.4, 0.5) is 5.13 Å². The molecule has 0 aliphatic carbocycles. The molecule has 10 heteroatoms. The van der Waals surface area contributed by atoms with E-state index in [1.807, 2.05) is 26.2 Å². The van der Waals surface area contributed by atoms with Gasteiger partial charge >= 0.3 is 0 Å². The first-order valence-corrected chi connectivity index (χ1v) is 13.6. The second kappa shape index (κ2) is 10.0. The van der Waals surface area contributed by atoms with Crippen LogP contribution in [0.25, 0.3) is 10.2 Å². The third-order valence-electron chi connectivity index (χ3n) is 5.97. The van der Waals surface area contributed by atoms with E-state index >= 15 is 0 Å². The minimum Gasteiger partial charge on any atom is -0.309 e. The van der Waals surface area contributed by atoms with E-state index in [9.17, 15) is 9.59 Å².